The molecule has 0 aliphatic rings. The summed E-state index contributed by atoms with van der Waals surface area (Å²) in [4.78, 5) is 16.4. The number of aliphatic hydroxyl groups excluding tert-OH is 1. The molecule has 0 saturated heterocycles. The second-order valence-electron chi connectivity index (χ2n) is 5.78. The van der Waals surface area contributed by atoms with Crippen LogP contribution in [-0.2, 0) is 6.54 Å². The molecule has 0 aliphatic heterocycles. The Kier molecular flexibility index (Phi) is 7.22. The van der Waals surface area contributed by atoms with Crippen molar-refractivity contribution >= 4 is 17.0 Å². The van der Waals surface area contributed by atoms with Gasteiger partial charge in [-0.3, -0.25) is 9.69 Å². The minimum Gasteiger partial charge on any atom is -0.392 e. The summed E-state index contributed by atoms with van der Waals surface area (Å²) in [6.45, 7) is 7.52. The van der Waals surface area contributed by atoms with E-state index in [1.165, 1.54) is 17.3 Å². The van der Waals surface area contributed by atoms with Crippen molar-refractivity contribution < 1.29 is 9.90 Å². The molecule has 1 aromatic carbocycles. The molecule has 1 N–H and O–H groups in total. The number of amides is 1. The number of nitrogens with zero attached hydrogens (tertiary/aromatic N) is 2. The van der Waals surface area contributed by atoms with Crippen LogP contribution in [0.5, 0.6) is 0 Å². The van der Waals surface area contributed by atoms with Crippen molar-refractivity contribution in [2.75, 3.05) is 20.6 Å². The van der Waals surface area contributed by atoms with Crippen LogP contribution in [0.1, 0.15) is 26.3 Å². The third kappa shape index (κ3) is 6.50. The number of hydrogen-bond acceptors (Lipinski definition) is 4. The summed E-state index contributed by atoms with van der Waals surface area (Å²) >= 11 is 1.23. The van der Waals surface area contributed by atoms with Crippen LogP contribution in [0.3, 0.4) is 0 Å². The van der Waals surface area contributed by atoms with Gasteiger partial charge >= 0.3 is 0 Å². The molecule has 0 saturated carbocycles. The lowest BCUT2D eigenvalue weighted by atomic mass is 10.2. The van der Waals surface area contributed by atoms with Gasteiger partial charge in [-0.1, -0.05) is 12.1 Å². The molecule has 1 atom stereocenters. The minimum atomic E-state index is -0.333. The lowest BCUT2D eigenvalue weighted by molar-refractivity contribution is 0.103. The highest BCUT2D eigenvalue weighted by molar-refractivity contribution is 8.13. The minimum absolute atomic E-state index is 0.0284. The van der Waals surface area contributed by atoms with Crippen LogP contribution in [0.15, 0.2) is 29.2 Å². The highest BCUT2D eigenvalue weighted by Crippen LogP contribution is 2.21. The Hall–Kier alpha value is -1.04. The molecule has 4 nitrogen and oxygen atoms in total. The number of carbonyl (C=O) groups is 1. The Morgan fingerprint density at radius 1 is 1.19 bits per heavy atom. The summed E-state index contributed by atoms with van der Waals surface area (Å²) in [6, 6.07) is 8.42. The first-order chi connectivity index (χ1) is 9.79. The van der Waals surface area contributed by atoms with Crippen molar-refractivity contribution in [3.05, 3.63) is 29.8 Å². The molecule has 0 aromatic heterocycles. The van der Waals surface area contributed by atoms with E-state index >= 15 is 0 Å². The molecule has 0 spiro atoms. The highest BCUT2D eigenvalue weighted by Gasteiger charge is 2.13. The molecule has 0 heterocycles. The number of aliphatic hydroxyl groups is 1. The van der Waals surface area contributed by atoms with Crippen molar-refractivity contribution in [2.45, 2.75) is 44.4 Å². The quantitative estimate of drug-likeness (QED) is 0.820. The average molecular weight is 310 g/mol. The third-order valence-corrected chi connectivity index (χ3v) is 4.16. The molecule has 1 amide bonds. The molecule has 1 aromatic rings. The van der Waals surface area contributed by atoms with Crippen molar-refractivity contribution in [3.63, 3.8) is 0 Å². The summed E-state index contributed by atoms with van der Waals surface area (Å²) in [5.41, 5.74) is 1.19. The van der Waals surface area contributed by atoms with Crippen LogP contribution >= 0.6 is 11.8 Å². The first-order valence-electron chi connectivity index (χ1n) is 7.19. The zero-order valence-corrected chi connectivity index (χ0v) is 14.4. The summed E-state index contributed by atoms with van der Waals surface area (Å²) in [5, 5.41) is 9.59. The highest BCUT2D eigenvalue weighted by atomic mass is 32.2. The second kappa shape index (κ2) is 8.41. The van der Waals surface area contributed by atoms with E-state index in [4.69, 9.17) is 0 Å². The molecule has 0 fully saturated rings. The molecule has 0 aliphatic carbocycles. The fourth-order valence-corrected chi connectivity index (χ4v) is 2.54. The monoisotopic (exact) mass is 310 g/mol. The van der Waals surface area contributed by atoms with E-state index in [0.717, 1.165) is 11.4 Å². The van der Waals surface area contributed by atoms with Gasteiger partial charge in [-0.2, -0.15) is 0 Å². The molecule has 1 rings (SSSR count). The lowest BCUT2D eigenvalue weighted by Gasteiger charge is -2.27. The van der Waals surface area contributed by atoms with E-state index in [9.17, 15) is 9.90 Å². The molecule has 0 bridgehead atoms. The van der Waals surface area contributed by atoms with Gasteiger partial charge in [0, 0.05) is 38.1 Å². The van der Waals surface area contributed by atoms with Gasteiger partial charge in [-0.25, -0.2) is 0 Å². The van der Waals surface area contributed by atoms with Gasteiger partial charge in [0.25, 0.3) is 5.24 Å². The Labute approximate surface area is 132 Å². The Morgan fingerprint density at radius 3 is 2.19 bits per heavy atom. The predicted molar refractivity (Wildman–Crippen MR) is 88.6 cm³/mol. The number of hydrogen-bond donors (Lipinski definition) is 1. The van der Waals surface area contributed by atoms with Gasteiger partial charge in [-0.05, 0) is 50.2 Å². The van der Waals surface area contributed by atoms with Crippen molar-refractivity contribution in [2.24, 2.45) is 0 Å². The topological polar surface area (TPSA) is 43.8 Å². The van der Waals surface area contributed by atoms with Crippen molar-refractivity contribution in [3.8, 4) is 0 Å². The zero-order valence-electron chi connectivity index (χ0n) is 13.5. The van der Waals surface area contributed by atoms with Gasteiger partial charge in [0.2, 0.25) is 0 Å². The zero-order chi connectivity index (χ0) is 16.0. The maximum Gasteiger partial charge on any atom is 0.285 e. The SMILES string of the molecule is CC(O)CN(Cc1ccc(SC(=O)N(C)C)cc1)C(C)C. The first kappa shape index (κ1) is 18.0. The van der Waals surface area contributed by atoms with Crippen molar-refractivity contribution in [1.82, 2.24) is 9.80 Å². The summed E-state index contributed by atoms with van der Waals surface area (Å²) < 4.78 is 0. The Bertz CT molecular complexity index is 444. The molecule has 1 unspecified atom stereocenters. The van der Waals surface area contributed by atoms with Crippen LogP contribution < -0.4 is 0 Å². The normalized spacial score (nSPS) is 12.8. The molecule has 118 valence electrons. The van der Waals surface area contributed by atoms with E-state index < -0.39 is 0 Å². The number of benzene rings is 1. The fourth-order valence-electron chi connectivity index (χ4n) is 1.89. The maximum atomic E-state index is 11.6. The molecule has 21 heavy (non-hydrogen) atoms. The predicted octanol–water partition coefficient (Wildman–Crippen LogP) is 3.05. The molecule has 0 radical (unpaired) electrons. The van der Waals surface area contributed by atoms with E-state index in [-0.39, 0.29) is 11.3 Å². The lowest BCUT2D eigenvalue weighted by Crippen LogP contribution is -2.36. The van der Waals surface area contributed by atoms with Gasteiger partial charge in [0.15, 0.2) is 0 Å². The molecule has 5 heteroatoms. The van der Waals surface area contributed by atoms with Crippen LogP contribution in [-0.4, -0.2) is 52.9 Å². The van der Waals surface area contributed by atoms with Crippen LogP contribution in [0.2, 0.25) is 0 Å². The molecular formula is C16H26N2O2S. The maximum absolute atomic E-state index is 11.6. The van der Waals surface area contributed by atoms with Crippen LogP contribution in [0.4, 0.5) is 4.79 Å². The van der Waals surface area contributed by atoms with E-state index in [1.54, 1.807) is 19.0 Å². The summed E-state index contributed by atoms with van der Waals surface area (Å²) in [6.07, 6.45) is -0.333. The first-order valence-corrected chi connectivity index (χ1v) is 8.01. The van der Waals surface area contributed by atoms with Gasteiger partial charge in [-0.15, -0.1) is 0 Å². The Morgan fingerprint density at radius 2 is 1.76 bits per heavy atom. The van der Waals surface area contributed by atoms with Crippen molar-refractivity contribution in [1.29, 1.82) is 0 Å². The standard InChI is InChI=1S/C16H26N2O2S/c1-12(2)18(10-13(3)19)11-14-6-8-15(9-7-14)21-16(20)17(4)5/h6-9,12-13,19H,10-11H2,1-5H3. The van der Waals surface area contributed by atoms with Gasteiger partial charge < -0.3 is 10.0 Å². The molecular weight excluding hydrogens is 284 g/mol. The van der Waals surface area contributed by atoms with Crippen LogP contribution in [0, 0.1) is 0 Å². The van der Waals surface area contributed by atoms with Crippen LogP contribution in [0.25, 0.3) is 0 Å². The number of thioether (sulfide) groups is 1. The fraction of sp³-hybridized carbons (Fsp3) is 0.562. The second-order valence-corrected chi connectivity index (χ2v) is 6.80. The van der Waals surface area contributed by atoms with E-state index in [1.807, 2.05) is 31.2 Å². The van der Waals surface area contributed by atoms with E-state index in [0.29, 0.717) is 12.6 Å². The van der Waals surface area contributed by atoms with Gasteiger partial charge in [0.05, 0.1) is 6.10 Å². The smallest absolute Gasteiger partial charge is 0.285 e. The summed E-state index contributed by atoms with van der Waals surface area (Å²) in [7, 11) is 3.50. The third-order valence-electron chi connectivity index (χ3n) is 3.11. The number of carbonyl (C=O) groups excluding carboxylic acids is 1. The van der Waals surface area contributed by atoms with E-state index in [2.05, 4.69) is 18.7 Å². The largest absolute Gasteiger partial charge is 0.392 e. The summed E-state index contributed by atoms with van der Waals surface area (Å²) in [5.74, 6) is 0. The van der Waals surface area contributed by atoms with Gasteiger partial charge in [0.1, 0.15) is 0 Å². The Balaban J connectivity index is 2.66. The average Bonchev–Trinajstić information content (AvgIpc) is 2.39. The number of rotatable bonds is 6.